The normalized spacial score (nSPS) is 20.0. The first-order chi connectivity index (χ1) is 6.29. The van der Waals surface area contributed by atoms with Crippen molar-refractivity contribution in [2.24, 2.45) is 0 Å². The monoisotopic (exact) mass is 198 g/mol. The zero-order valence-corrected chi connectivity index (χ0v) is 8.17. The predicted molar refractivity (Wildman–Crippen MR) is 51.4 cm³/mol. The van der Waals surface area contributed by atoms with E-state index in [-0.39, 0.29) is 0 Å². The van der Waals surface area contributed by atoms with Crippen LogP contribution in [0.2, 0.25) is 5.02 Å². The van der Waals surface area contributed by atoms with E-state index >= 15 is 0 Å². The molecule has 0 aliphatic carbocycles. The highest BCUT2D eigenvalue weighted by molar-refractivity contribution is 6.32. The number of epoxide rings is 1. The molecular weight excluding hydrogens is 188 g/mol. The maximum absolute atomic E-state index is 5.89. The number of hydrogen-bond acceptors (Lipinski definition) is 2. The minimum Gasteiger partial charge on any atom is -0.495 e. The van der Waals surface area contributed by atoms with E-state index in [1.165, 1.54) is 5.56 Å². The molecule has 1 atom stereocenters. The first kappa shape index (κ1) is 8.85. The SMILES string of the molecule is COc1cc(CC2CO2)ccc1Cl. The number of methoxy groups -OCH3 is 1. The highest BCUT2D eigenvalue weighted by Gasteiger charge is 2.22. The van der Waals surface area contributed by atoms with Crippen molar-refractivity contribution in [3.63, 3.8) is 0 Å². The maximum atomic E-state index is 5.89. The minimum absolute atomic E-state index is 0.408. The van der Waals surface area contributed by atoms with Crippen LogP contribution in [0.4, 0.5) is 0 Å². The fourth-order valence-electron chi connectivity index (χ4n) is 1.28. The van der Waals surface area contributed by atoms with Crippen molar-refractivity contribution < 1.29 is 9.47 Å². The molecule has 0 radical (unpaired) electrons. The molecule has 2 nitrogen and oxygen atoms in total. The summed E-state index contributed by atoms with van der Waals surface area (Å²) in [6, 6.07) is 5.83. The third-order valence-electron chi connectivity index (χ3n) is 2.08. The van der Waals surface area contributed by atoms with Gasteiger partial charge < -0.3 is 9.47 Å². The summed E-state index contributed by atoms with van der Waals surface area (Å²) in [5.74, 6) is 0.736. The van der Waals surface area contributed by atoms with Gasteiger partial charge in [-0.15, -0.1) is 0 Å². The summed E-state index contributed by atoms with van der Waals surface area (Å²) < 4.78 is 10.3. The number of rotatable bonds is 3. The molecule has 0 aromatic heterocycles. The first-order valence-corrected chi connectivity index (χ1v) is 4.61. The lowest BCUT2D eigenvalue weighted by Gasteiger charge is -2.04. The number of benzene rings is 1. The van der Waals surface area contributed by atoms with Gasteiger partial charge in [0.1, 0.15) is 5.75 Å². The minimum atomic E-state index is 0.408. The number of ether oxygens (including phenoxy) is 2. The Hall–Kier alpha value is -0.730. The van der Waals surface area contributed by atoms with Crippen molar-refractivity contribution in [1.82, 2.24) is 0 Å². The zero-order valence-electron chi connectivity index (χ0n) is 7.42. The summed E-state index contributed by atoms with van der Waals surface area (Å²) in [6.07, 6.45) is 1.36. The molecule has 1 unspecified atom stereocenters. The van der Waals surface area contributed by atoms with Crippen LogP contribution in [0.3, 0.4) is 0 Å². The summed E-state index contributed by atoms with van der Waals surface area (Å²) in [6.45, 7) is 0.880. The van der Waals surface area contributed by atoms with Crippen LogP contribution in [0.1, 0.15) is 5.56 Å². The Morgan fingerprint density at radius 2 is 2.38 bits per heavy atom. The molecule has 1 aromatic carbocycles. The molecule has 2 rings (SSSR count). The average Bonchev–Trinajstić information content (AvgIpc) is 2.92. The van der Waals surface area contributed by atoms with E-state index in [1.54, 1.807) is 7.11 Å². The van der Waals surface area contributed by atoms with Gasteiger partial charge in [-0.3, -0.25) is 0 Å². The van der Waals surface area contributed by atoms with Crippen LogP contribution in [0.25, 0.3) is 0 Å². The standard InChI is InChI=1S/C10H11ClO2/c1-12-10-5-7(2-3-9(10)11)4-8-6-13-8/h2-3,5,8H,4,6H2,1H3. The lowest BCUT2D eigenvalue weighted by Crippen LogP contribution is -1.94. The Kier molecular flexibility index (Phi) is 2.42. The Balaban J connectivity index is 2.16. The van der Waals surface area contributed by atoms with Crippen LogP contribution in [0.15, 0.2) is 18.2 Å². The van der Waals surface area contributed by atoms with E-state index < -0.39 is 0 Å². The summed E-state index contributed by atoms with van der Waals surface area (Å²) in [5, 5.41) is 0.656. The maximum Gasteiger partial charge on any atom is 0.137 e. The molecular formula is C10H11ClO2. The van der Waals surface area contributed by atoms with Crippen molar-refractivity contribution in [3.05, 3.63) is 28.8 Å². The third kappa shape index (κ3) is 2.14. The fourth-order valence-corrected chi connectivity index (χ4v) is 1.47. The summed E-state index contributed by atoms with van der Waals surface area (Å²) in [7, 11) is 1.62. The molecule has 0 spiro atoms. The molecule has 0 N–H and O–H groups in total. The molecule has 70 valence electrons. The first-order valence-electron chi connectivity index (χ1n) is 4.23. The summed E-state index contributed by atoms with van der Waals surface area (Å²) in [4.78, 5) is 0. The highest BCUT2D eigenvalue weighted by atomic mass is 35.5. The largest absolute Gasteiger partial charge is 0.495 e. The van der Waals surface area contributed by atoms with Crippen LogP contribution in [-0.4, -0.2) is 19.8 Å². The van der Waals surface area contributed by atoms with Gasteiger partial charge in [0.15, 0.2) is 0 Å². The van der Waals surface area contributed by atoms with Gasteiger partial charge in [0.25, 0.3) is 0 Å². The lowest BCUT2D eigenvalue weighted by atomic mass is 10.1. The van der Waals surface area contributed by atoms with E-state index in [9.17, 15) is 0 Å². The van der Waals surface area contributed by atoms with Gasteiger partial charge in [-0.1, -0.05) is 17.7 Å². The van der Waals surface area contributed by atoms with Crippen LogP contribution < -0.4 is 4.74 Å². The topological polar surface area (TPSA) is 21.8 Å². The van der Waals surface area contributed by atoms with Gasteiger partial charge in [-0.2, -0.15) is 0 Å². The zero-order chi connectivity index (χ0) is 9.26. The van der Waals surface area contributed by atoms with Gasteiger partial charge in [0.2, 0.25) is 0 Å². The molecule has 13 heavy (non-hydrogen) atoms. The molecule has 3 heteroatoms. The van der Waals surface area contributed by atoms with E-state index in [4.69, 9.17) is 21.1 Å². The molecule has 1 saturated heterocycles. The van der Waals surface area contributed by atoms with E-state index in [1.807, 2.05) is 18.2 Å². The summed E-state index contributed by atoms with van der Waals surface area (Å²) >= 11 is 5.89. The van der Waals surface area contributed by atoms with Gasteiger partial charge in [0.05, 0.1) is 24.8 Å². The van der Waals surface area contributed by atoms with Crippen molar-refractivity contribution in [2.75, 3.05) is 13.7 Å². The molecule has 0 bridgehead atoms. The lowest BCUT2D eigenvalue weighted by molar-refractivity contribution is 0.404. The highest BCUT2D eigenvalue weighted by Crippen LogP contribution is 2.27. The van der Waals surface area contributed by atoms with Crippen molar-refractivity contribution in [2.45, 2.75) is 12.5 Å². The Morgan fingerprint density at radius 3 is 3.00 bits per heavy atom. The van der Waals surface area contributed by atoms with Crippen LogP contribution in [-0.2, 0) is 11.2 Å². The molecule has 1 aliphatic rings. The average molecular weight is 199 g/mol. The summed E-state index contributed by atoms with van der Waals surface area (Å²) in [5.41, 5.74) is 1.21. The van der Waals surface area contributed by atoms with Crippen molar-refractivity contribution in [3.8, 4) is 5.75 Å². The van der Waals surface area contributed by atoms with Crippen LogP contribution in [0.5, 0.6) is 5.75 Å². The molecule has 1 fully saturated rings. The second kappa shape index (κ2) is 3.56. The molecule has 1 aromatic rings. The molecule has 0 amide bonds. The van der Waals surface area contributed by atoms with E-state index in [0.717, 1.165) is 18.8 Å². The number of halogens is 1. The van der Waals surface area contributed by atoms with Crippen molar-refractivity contribution in [1.29, 1.82) is 0 Å². The van der Waals surface area contributed by atoms with Crippen LogP contribution in [0, 0.1) is 0 Å². The second-order valence-electron chi connectivity index (χ2n) is 3.13. The van der Waals surface area contributed by atoms with Gasteiger partial charge in [-0.25, -0.2) is 0 Å². The molecule has 0 saturated carbocycles. The Morgan fingerprint density at radius 1 is 1.62 bits per heavy atom. The van der Waals surface area contributed by atoms with E-state index in [0.29, 0.717) is 11.1 Å². The van der Waals surface area contributed by atoms with Crippen LogP contribution >= 0.6 is 11.6 Å². The quantitative estimate of drug-likeness (QED) is 0.696. The Bertz CT molecular complexity index is 308. The predicted octanol–water partition coefficient (Wildman–Crippen LogP) is 2.29. The third-order valence-corrected chi connectivity index (χ3v) is 2.39. The van der Waals surface area contributed by atoms with Gasteiger partial charge >= 0.3 is 0 Å². The smallest absolute Gasteiger partial charge is 0.137 e. The molecule has 1 aliphatic heterocycles. The van der Waals surface area contributed by atoms with Gasteiger partial charge in [-0.05, 0) is 17.7 Å². The Labute approximate surface area is 82.4 Å². The van der Waals surface area contributed by atoms with E-state index in [2.05, 4.69) is 0 Å². The van der Waals surface area contributed by atoms with Crippen molar-refractivity contribution >= 4 is 11.6 Å². The fraction of sp³-hybridized carbons (Fsp3) is 0.400. The number of hydrogen-bond donors (Lipinski definition) is 0. The van der Waals surface area contributed by atoms with Gasteiger partial charge in [0, 0.05) is 6.42 Å². The molecule has 1 heterocycles. The second-order valence-corrected chi connectivity index (χ2v) is 3.54.